The lowest BCUT2D eigenvalue weighted by Gasteiger charge is -2.11. The fraction of sp³-hybridized carbons (Fsp3) is 0.273. The van der Waals surface area contributed by atoms with Crippen molar-refractivity contribution in [3.8, 4) is 0 Å². The highest BCUT2D eigenvalue weighted by atomic mass is 16.3. The van der Waals surface area contributed by atoms with E-state index in [0.29, 0.717) is 12.0 Å². The fourth-order valence-electron chi connectivity index (χ4n) is 1.12. The summed E-state index contributed by atoms with van der Waals surface area (Å²) in [7, 11) is 0. The van der Waals surface area contributed by atoms with E-state index < -0.39 is 6.10 Å². The lowest BCUT2D eigenvalue weighted by atomic mass is 10.00. The van der Waals surface area contributed by atoms with Crippen LogP contribution in [0.4, 0.5) is 0 Å². The van der Waals surface area contributed by atoms with Gasteiger partial charge >= 0.3 is 0 Å². The normalized spacial score (nSPS) is 12.1. The molecule has 1 N–H and O–H groups in total. The highest BCUT2D eigenvalue weighted by Gasteiger charge is 2.16. The third-order valence-electron chi connectivity index (χ3n) is 2.01. The van der Waals surface area contributed by atoms with Crippen LogP contribution in [0.25, 0.3) is 0 Å². The van der Waals surface area contributed by atoms with Gasteiger partial charge in [-0.3, -0.25) is 9.78 Å². The molecule has 0 aromatic carbocycles. The van der Waals surface area contributed by atoms with Crippen molar-refractivity contribution in [3.63, 3.8) is 0 Å². The van der Waals surface area contributed by atoms with E-state index >= 15 is 0 Å². The van der Waals surface area contributed by atoms with Crippen LogP contribution in [0.5, 0.6) is 0 Å². The summed E-state index contributed by atoms with van der Waals surface area (Å²) in [5.74, 6) is -0.124. The van der Waals surface area contributed by atoms with Gasteiger partial charge in [-0.05, 0) is 6.07 Å². The van der Waals surface area contributed by atoms with Crippen LogP contribution in [0.2, 0.25) is 0 Å². The Morgan fingerprint density at radius 3 is 2.93 bits per heavy atom. The quantitative estimate of drug-likeness (QED) is 0.736. The average molecular weight is 191 g/mol. The van der Waals surface area contributed by atoms with E-state index in [-0.39, 0.29) is 11.4 Å². The number of carbonyl (C=O) groups excluding carboxylic acids is 1. The Hall–Kier alpha value is -1.48. The predicted octanol–water partition coefficient (Wildman–Crippen LogP) is 1.65. The maximum Gasteiger partial charge on any atom is 0.160 e. The topological polar surface area (TPSA) is 50.2 Å². The second-order valence-corrected chi connectivity index (χ2v) is 2.99. The Morgan fingerprint density at radius 2 is 2.43 bits per heavy atom. The smallest absolute Gasteiger partial charge is 0.160 e. The monoisotopic (exact) mass is 191 g/mol. The molecule has 0 radical (unpaired) electrons. The summed E-state index contributed by atoms with van der Waals surface area (Å²) in [6.07, 6.45) is 2.56. The Morgan fingerprint density at radius 1 is 1.71 bits per heavy atom. The molecule has 74 valence electrons. The number of rotatable bonds is 4. The molecular formula is C11H13NO2. The minimum Gasteiger partial charge on any atom is -0.383 e. The van der Waals surface area contributed by atoms with E-state index in [1.165, 1.54) is 6.20 Å². The average Bonchev–Trinajstić information content (AvgIpc) is 2.27. The fourth-order valence-corrected chi connectivity index (χ4v) is 1.12. The molecule has 0 bridgehead atoms. The summed E-state index contributed by atoms with van der Waals surface area (Å²) < 4.78 is 0. The summed E-state index contributed by atoms with van der Waals surface area (Å²) in [4.78, 5) is 15.1. The first kappa shape index (κ1) is 10.6. The van der Waals surface area contributed by atoms with Crippen molar-refractivity contribution < 1.29 is 9.90 Å². The molecule has 0 fully saturated rings. The predicted molar refractivity (Wildman–Crippen MR) is 53.6 cm³/mol. The Balaban J connectivity index is 2.81. The molecule has 1 heterocycles. The number of hydrogen-bond donors (Lipinski definition) is 1. The third-order valence-corrected chi connectivity index (χ3v) is 2.01. The SMILES string of the molecule is C=C(C(=O)CC)[C@H](O)c1cccnc1. The molecular weight excluding hydrogens is 178 g/mol. The number of aliphatic hydroxyl groups is 1. The molecule has 0 spiro atoms. The van der Waals surface area contributed by atoms with Crippen LogP contribution in [0.3, 0.4) is 0 Å². The second-order valence-electron chi connectivity index (χ2n) is 2.99. The minimum absolute atomic E-state index is 0.124. The number of nitrogens with zero attached hydrogens (tertiary/aromatic N) is 1. The minimum atomic E-state index is -0.934. The number of Topliss-reactive ketones (excluding diaryl/α,β-unsaturated/α-hetero) is 1. The maximum atomic E-state index is 11.2. The first-order valence-corrected chi connectivity index (χ1v) is 4.46. The number of ketones is 1. The maximum absolute atomic E-state index is 11.2. The highest BCUT2D eigenvalue weighted by molar-refractivity contribution is 5.95. The summed E-state index contributed by atoms with van der Waals surface area (Å²) in [5.41, 5.74) is 0.819. The Kier molecular flexibility index (Phi) is 3.54. The Labute approximate surface area is 83.1 Å². The van der Waals surface area contributed by atoms with Crippen molar-refractivity contribution in [1.82, 2.24) is 4.98 Å². The van der Waals surface area contributed by atoms with Crippen LogP contribution < -0.4 is 0 Å². The summed E-state index contributed by atoms with van der Waals surface area (Å²) in [6.45, 7) is 5.31. The summed E-state index contributed by atoms with van der Waals surface area (Å²) in [5, 5.41) is 9.73. The molecule has 1 aromatic heterocycles. The summed E-state index contributed by atoms with van der Waals surface area (Å²) in [6, 6.07) is 3.42. The van der Waals surface area contributed by atoms with Gasteiger partial charge in [0.1, 0.15) is 6.10 Å². The molecule has 0 amide bonds. The number of pyridine rings is 1. The van der Waals surface area contributed by atoms with Crippen LogP contribution in [0, 0.1) is 0 Å². The van der Waals surface area contributed by atoms with Gasteiger partial charge in [0.25, 0.3) is 0 Å². The molecule has 1 aromatic rings. The zero-order valence-electron chi connectivity index (χ0n) is 8.10. The first-order valence-electron chi connectivity index (χ1n) is 4.46. The second kappa shape index (κ2) is 4.67. The van der Waals surface area contributed by atoms with Gasteiger partial charge in [0.05, 0.1) is 0 Å². The number of aliphatic hydroxyl groups excluding tert-OH is 1. The van der Waals surface area contributed by atoms with Gasteiger partial charge in [-0.15, -0.1) is 0 Å². The lowest BCUT2D eigenvalue weighted by Crippen LogP contribution is -2.09. The van der Waals surface area contributed by atoms with Crippen LogP contribution in [-0.2, 0) is 4.79 Å². The van der Waals surface area contributed by atoms with Gasteiger partial charge in [0.2, 0.25) is 0 Å². The van der Waals surface area contributed by atoms with Crippen LogP contribution in [-0.4, -0.2) is 15.9 Å². The summed E-state index contributed by atoms with van der Waals surface area (Å²) >= 11 is 0. The van der Waals surface area contributed by atoms with Gasteiger partial charge in [-0.1, -0.05) is 19.6 Å². The number of aromatic nitrogens is 1. The van der Waals surface area contributed by atoms with Gasteiger partial charge in [0.15, 0.2) is 5.78 Å². The zero-order valence-corrected chi connectivity index (χ0v) is 8.10. The van der Waals surface area contributed by atoms with Crippen molar-refractivity contribution >= 4 is 5.78 Å². The van der Waals surface area contributed by atoms with Gasteiger partial charge in [0, 0.05) is 30.0 Å². The van der Waals surface area contributed by atoms with E-state index in [1.807, 2.05) is 0 Å². The highest BCUT2D eigenvalue weighted by Crippen LogP contribution is 2.20. The molecule has 3 heteroatoms. The number of carbonyl (C=O) groups is 1. The molecule has 1 atom stereocenters. The van der Waals surface area contributed by atoms with Crippen molar-refractivity contribution in [2.24, 2.45) is 0 Å². The first-order chi connectivity index (χ1) is 6.66. The van der Waals surface area contributed by atoms with Gasteiger partial charge < -0.3 is 5.11 Å². The van der Waals surface area contributed by atoms with E-state index in [1.54, 1.807) is 25.3 Å². The third kappa shape index (κ3) is 2.26. The van der Waals surface area contributed by atoms with Crippen LogP contribution in [0.15, 0.2) is 36.7 Å². The van der Waals surface area contributed by atoms with E-state index in [0.717, 1.165) is 0 Å². The molecule has 3 nitrogen and oxygen atoms in total. The standard InChI is InChI=1S/C11H13NO2/c1-3-10(13)8(2)11(14)9-5-4-6-12-7-9/h4-7,11,14H,2-3H2,1H3/t11-/m0/s1. The largest absolute Gasteiger partial charge is 0.383 e. The van der Waals surface area contributed by atoms with Crippen molar-refractivity contribution in [2.75, 3.05) is 0 Å². The molecule has 14 heavy (non-hydrogen) atoms. The number of hydrogen-bond acceptors (Lipinski definition) is 3. The lowest BCUT2D eigenvalue weighted by molar-refractivity contribution is -0.116. The van der Waals surface area contributed by atoms with Crippen molar-refractivity contribution in [3.05, 3.63) is 42.2 Å². The van der Waals surface area contributed by atoms with E-state index in [2.05, 4.69) is 11.6 Å². The zero-order chi connectivity index (χ0) is 10.6. The van der Waals surface area contributed by atoms with Crippen LogP contribution in [0.1, 0.15) is 25.0 Å². The molecule has 0 aliphatic carbocycles. The van der Waals surface area contributed by atoms with Crippen molar-refractivity contribution in [1.29, 1.82) is 0 Å². The molecule has 0 unspecified atom stereocenters. The van der Waals surface area contributed by atoms with Crippen molar-refractivity contribution in [2.45, 2.75) is 19.4 Å². The Bertz CT molecular complexity index is 332. The van der Waals surface area contributed by atoms with E-state index in [4.69, 9.17) is 0 Å². The van der Waals surface area contributed by atoms with Gasteiger partial charge in [-0.25, -0.2) is 0 Å². The molecule has 0 aliphatic rings. The molecule has 0 aliphatic heterocycles. The van der Waals surface area contributed by atoms with E-state index in [9.17, 15) is 9.90 Å². The van der Waals surface area contributed by atoms with Crippen LogP contribution >= 0.6 is 0 Å². The molecule has 0 saturated heterocycles. The molecule has 1 rings (SSSR count). The van der Waals surface area contributed by atoms with Gasteiger partial charge in [-0.2, -0.15) is 0 Å². The molecule has 0 saturated carbocycles.